The maximum atomic E-state index is 12.7. The highest BCUT2D eigenvalue weighted by Gasteiger charge is 2.21. The Hall–Kier alpha value is -3.03. The standard InChI is InChI=1S/C21H19ClN2O4S/c1-24(29(26,27)18-6-4-3-5-7-18)17-11-8-15(9-12-17)21(25)23-16-10-13-20(28-2)19(22)14-16/h3-14H,1-2H3,(H,23,25). The number of halogens is 1. The Morgan fingerprint density at radius 2 is 1.66 bits per heavy atom. The molecule has 0 radical (unpaired) electrons. The van der Waals surface area contributed by atoms with Gasteiger partial charge in [-0.15, -0.1) is 0 Å². The van der Waals surface area contributed by atoms with Crippen LogP contribution in [0.4, 0.5) is 11.4 Å². The number of hydrogen-bond acceptors (Lipinski definition) is 4. The van der Waals surface area contributed by atoms with Crippen LogP contribution in [-0.4, -0.2) is 28.5 Å². The van der Waals surface area contributed by atoms with E-state index in [0.717, 1.165) is 0 Å². The molecule has 0 aliphatic carbocycles. The molecule has 0 spiro atoms. The van der Waals surface area contributed by atoms with E-state index < -0.39 is 10.0 Å². The summed E-state index contributed by atoms with van der Waals surface area (Å²) in [5.74, 6) is 0.169. The Morgan fingerprint density at radius 3 is 2.24 bits per heavy atom. The summed E-state index contributed by atoms with van der Waals surface area (Å²) in [4.78, 5) is 12.7. The number of rotatable bonds is 6. The predicted molar refractivity (Wildman–Crippen MR) is 114 cm³/mol. The third-order valence-corrected chi connectivity index (χ3v) is 6.40. The fraction of sp³-hybridized carbons (Fsp3) is 0.0952. The first-order valence-electron chi connectivity index (χ1n) is 8.62. The van der Waals surface area contributed by atoms with E-state index in [1.165, 1.54) is 30.6 Å². The van der Waals surface area contributed by atoms with Gasteiger partial charge < -0.3 is 10.1 Å². The number of ether oxygens (including phenoxy) is 1. The molecule has 29 heavy (non-hydrogen) atoms. The average molecular weight is 431 g/mol. The average Bonchev–Trinajstić information content (AvgIpc) is 2.74. The lowest BCUT2D eigenvalue weighted by Gasteiger charge is -2.19. The lowest BCUT2D eigenvalue weighted by Crippen LogP contribution is -2.26. The molecule has 3 aromatic rings. The van der Waals surface area contributed by atoms with Crippen LogP contribution in [0.5, 0.6) is 5.75 Å². The molecule has 0 aliphatic rings. The van der Waals surface area contributed by atoms with Gasteiger partial charge >= 0.3 is 0 Å². The van der Waals surface area contributed by atoms with Crippen molar-refractivity contribution in [3.8, 4) is 5.75 Å². The van der Waals surface area contributed by atoms with Crippen molar-refractivity contribution in [2.75, 3.05) is 23.8 Å². The molecule has 0 atom stereocenters. The van der Waals surface area contributed by atoms with Crippen molar-refractivity contribution in [3.63, 3.8) is 0 Å². The Labute approximate surface area is 174 Å². The van der Waals surface area contributed by atoms with Gasteiger partial charge in [-0.25, -0.2) is 8.42 Å². The van der Waals surface area contributed by atoms with Crippen LogP contribution in [-0.2, 0) is 10.0 Å². The van der Waals surface area contributed by atoms with Crippen LogP contribution >= 0.6 is 11.6 Å². The highest BCUT2D eigenvalue weighted by molar-refractivity contribution is 7.92. The third kappa shape index (κ3) is 4.52. The maximum absolute atomic E-state index is 12.7. The van der Waals surface area contributed by atoms with E-state index in [1.54, 1.807) is 60.7 Å². The van der Waals surface area contributed by atoms with Gasteiger partial charge in [0.1, 0.15) is 5.75 Å². The maximum Gasteiger partial charge on any atom is 0.264 e. The fourth-order valence-corrected chi connectivity index (χ4v) is 4.13. The molecule has 150 valence electrons. The summed E-state index contributed by atoms with van der Waals surface area (Å²) in [7, 11) is -0.700. The summed E-state index contributed by atoms with van der Waals surface area (Å²) < 4.78 is 31.7. The molecule has 0 fully saturated rings. The van der Waals surface area contributed by atoms with Crippen molar-refractivity contribution in [1.82, 2.24) is 0 Å². The van der Waals surface area contributed by atoms with Crippen molar-refractivity contribution in [2.24, 2.45) is 0 Å². The summed E-state index contributed by atoms with van der Waals surface area (Å²) >= 11 is 6.07. The molecule has 0 aromatic heterocycles. The first-order valence-corrected chi connectivity index (χ1v) is 10.4. The molecule has 0 bridgehead atoms. The smallest absolute Gasteiger partial charge is 0.264 e. The van der Waals surface area contributed by atoms with Gasteiger partial charge in [0.15, 0.2) is 0 Å². The van der Waals surface area contributed by atoms with E-state index in [-0.39, 0.29) is 10.8 Å². The van der Waals surface area contributed by atoms with Crippen molar-refractivity contribution in [2.45, 2.75) is 4.90 Å². The summed E-state index contributed by atoms with van der Waals surface area (Å²) in [6, 6.07) is 19.4. The quantitative estimate of drug-likeness (QED) is 0.627. The Kier molecular flexibility index (Phi) is 6.10. The normalized spacial score (nSPS) is 11.0. The number of methoxy groups -OCH3 is 1. The van der Waals surface area contributed by atoms with Crippen LogP contribution in [0.15, 0.2) is 77.7 Å². The van der Waals surface area contributed by atoms with Crippen molar-refractivity contribution in [3.05, 3.63) is 83.4 Å². The molecule has 0 saturated heterocycles. The molecule has 0 unspecified atom stereocenters. The van der Waals surface area contributed by atoms with Gasteiger partial charge in [-0.05, 0) is 54.6 Å². The minimum absolute atomic E-state index is 0.195. The van der Waals surface area contributed by atoms with Gasteiger partial charge in [-0.3, -0.25) is 9.10 Å². The Morgan fingerprint density at radius 1 is 1.00 bits per heavy atom. The predicted octanol–water partition coefficient (Wildman–Crippen LogP) is 4.43. The van der Waals surface area contributed by atoms with Crippen LogP contribution in [0.1, 0.15) is 10.4 Å². The molecule has 8 heteroatoms. The molecule has 1 N–H and O–H groups in total. The number of nitrogens with zero attached hydrogens (tertiary/aromatic N) is 1. The van der Waals surface area contributed by atoms with Crippen LogP contribution in [0, 0.1) is 0 Å². The fourth-order valence-electron chi connectivity index (χ4n) is 2.66. The van der Waals surface area contributed by atoms with E-state index in [4.69, 9.17) is 16.3 Å². The van der Waals surface area contributed by atoms with Gasteiger partial charge in [0.2, 0.25) is 0 Å². The molecule has 6 nitrogen and oxygen atoms in total. The highest BCUT2D eigenvalue weighted by Crippen LogP contribution is 2.28. The number of nitrogens with one attached hydrogen (secondary N) is 1. The minimum atomic E-state index is -3.68. The third-order valence-electron chi connectivity index (χ3n) is 4.30. The van der Waals surface area contributed by atoms with Gasteiger partial charge in [0, 0.05) is 18.3 Å². The zero-order valence-corrected chi connectivity index (χ0v) is 17.4. The molecule has 3 aromatic carbocycles. The van der Waals surface area contributed by atoms with Gasteiger partial charge in [0.05, 0.1) is 22.7 Å². The molecule has 0 saturated carbocycles. The number of benzene rings is 3. The first-order chi connectivity index (χ1) is 13.8. The second-order valence-electron chi connectivity index (χ2n) is 6.14. The van der Waals surface area contributed by atoms with E-state index >= 15 is 0 Å². The second-order valence-corrected chi connectivity index (χ2v) is 8.51. The number of hydrogen-bond donors (Lipinski definition) is 1. The van der Waals surface area contributed by atoms with E-state index in [0.29, 0.717) is 27.7 Å². The summed E-state index contributed by atoms with van der Waals surface area (Å²) in [5.41, 5.74) is 1.35. The largest absolute Gasteiger partial charge is 0.495 e. The van der Waals surface area contributed by atoms with Gasteiger partial charge in [-0.2, -0.15) is 0 Å². The first kappa shape index (κ1) is 20.7. The minimum Gasteiger partial charge on any atom is -0.495 e. The van der Waals surface area contributed by atoms with Crippen LogP contribution < -0.4 is 14.4 Å². The topological polar surface area (TPSA) is 75.7 Å². The SMILES string of the molecule is COc1ccc(NC(=O)c2ccc(N(C)S(=O)(=O)c3ccccc3)cc2)cc1Cl. The zero-order chi connectivity index (χ0) is 21.0. The summed E-state index contributed by atoms with van der Waals surface area (Å²) in [6.45, 7) is 0. The number of amides is 1. The second kappa shape index (κ2) is 8.55. The van der Waals surface area contributed by atoms with Crippen LogP contribution in [0.2, 0.25) is 5.02 Å². The molecule has 1 amide bonds. The van der Waals surface area contributed by atoms with Crippen molar-refractivity contribution >= 4 is 38.9 Å². The molecular weight excluding hydrogens is 412 g/mol. The van der Waals surface area contributed by atoms with Crippen molar-refractivity contribution in [1.29, 1.82) is 0 Å². The molecular formula is C21H19ClN2O4S. The van der Waals surface area contributed by atoms with Crippen LogP contribution in [0.25, 0.3) is 0 Å². The van der Waals surface area contributed by atoms with E-state index in [9.17, 15) is 13.2 Å². The molecule has 3 rings (SSSR count). The Bertz CT molecular complexity index is 1120. The van der Waals surface area contributed by atoms with Crippen LogP contribution in [0.3, 0.4) is 0 Å². The van der Waals surface area contributed by atoms with Crippen molar-refractivity contribution < 1.29 is 17.9 Å². The summed E-state index contributed by atoms with van der Waals surface area (Å²) in [5, 5.41) is 3.13. The van der Waals surface area contributed by atoms with Gasteiger partial charge in [0.25, 0.3) is 15.9 Å². The lowest BCUT2D eigenvalue weighted by molar-refractivity contribution is 0.102. The zero-order valence-electron chi connectivity index (χ0n) is 15.8. The summed E-state index contributed by atoms with van der Waals surface area (Å²) in [6.07, 6.45) is 0. The Balaban J connectivity index is 1.76. The highest BCUT2D eigenvalue weighted by atomic mass is 35.5. The van der Waals surface area contributed by atoms with E-state index in [2.05, 4.69) is 5.32 Å². The number of carbonyl (C=O) groups excluding carboxylic acids is 1. The van der Waals surface area contributed by atoms with E-state index in [1.807, 2.05) is 0 Å². The molecule has 0 heterocycles. The van der Waals surface area contributed by atoms with Gasteiger partial charge in [-0.1, -0.05) is 29.8 Å². The monoisotopic (exact) mass is 430 g/mol. The number of anilines is 2. The lowest BCUT2D eigenvalue weighted by atomic mass is 10.2. The number of sulfonamides is 1. The number of carbonyl (C=O) groups is 1. The molecule has 0 aliphatic heterocycles.